The van der Waals surface area contributed by atoms with Crippen molar-refractivity contribution in [3.8, 4) is 0 Å². The highest BCUT2D eigenvalue weighted by Crippen LogP contribution is 2.23. The normalized spacial score (nSPS) is 31.8. The van der Waals surface area contributed by atoms with E-state index in [2.05, 4.69) is 37.9 Å². The zero-order valence-corrected chi connectivity index (χ0v) is 12.5. The van der Waals surface area contributed by atoms with E-state index < -0.39 is 0 Å². The zero-order chi connectivity index (χ0) is 13.1. The van der Waals surface area contributed by atoms with Gasteiger partial charge >= 0.3 is 0 Å². The SMILES string of the molecule is CCC1COC(C)CN1C(CNC1CC1)C(C)C. The number of ether oxygens (including phenoxy) is 1. The molecule has 0 radical (unpaired) electrons. The molecule has 1 aliphatic heterocycles. The Hall–Kier alpha value is -0.120. The molecule has 0 spiro atoms. The average molecular weight is 254 g/mol. The maximum atomic E-state index is 5.82. The summed E-state index contributed by atoms with van der Waals surface area (Å²) in [4.78, 5) is 2.70. The van der Waals surface area contributed by atoms with E-state index in [4.69, 9.17) is 4.74 Å². The Bertz CT molecular complexity index is 253. The van der Waals surface area contributed by atoms with Gasteiger partial charge in [0.05, 0.1) is 12.7 Å². The van der Waals surface area contributed by atoms with Gasteiger partial charge in [-0.1, -0.05) is 20.8 Å². The van der Waals surface area contributed by atoms with Gasteiger partial charge in [0, 0.05) is 31.2 Å². The van der Waals surface area contributed by atoms with E-state index in [1.165, 1.54) is 19.3 Å². The van der Waals surface area contributed by atoms with Gasteiger partial charge in [-0.2, -0.15) is 0 Å². The van der Waals surface area contributed by atoms with E-state index in [0.717, 1.165) is 25.7 Å². The van der Waals surface area contributed by atoms with Gasteiger partial charge < -0.3 is 10.1 Å². The maximum Gasteiger partial charge on any atom is 0.0674 e. The number of morpholine rings is 1. The number of hydrogen-bond acceptors (Lipinski definition) is 3. The molecular weight excluding hydrogens is 224 g/mol. The van der Waals surface area contributed by atoms with Crippen molar-refractivity contribution in [1.29, 1.82) is 0 Å². The van der Waals surface area contributed by atoms with Gasteiger partial charge in [0.2, 0.25) is 0 Å². The highest BCUT2D eigenvalue weighted by molar-refractivity contribution is 4.89. The van der Waals surface area contributed by atoms with Crippen LogP contribution in [0.25, 0.3) is 0 Å². The maximum absolute atomic E-state index is 5.82. The Morgan fingerprint density at radius 2 is 2.06 bits per heavy atom. The molecular formula is C15H30N2O. The van der Waals surface area contributed by atoms with E-state index in [-0.39, 0.29) is 0 Å². The third kappa shape index (κ3) is 3.69. The molecule has 0 amide bonds. The van der Waals surface area contributed by atoms with Crippen LogP contribution in [0.15, 0.2) is 0 Å². The Kier molecular flexibility index (Phi) is 5.05. The molecule has 2 fully saturated rings. The summed E-state index contributed by atoms with van der Waals surface area (Å²) in [5.41, 5.74) is 0. The second-order valence-electron chi connectivity index (χ2n) is 6.40. The predicted octanol–water partition coefficient (Wildman–Crippen LogP) is 2.26. The van der Waals surface area contributed by atoms with Crippen LogP contribution in [0.4, 0.5) is 0 Å². The quantitative estimate of drug-likeness (QED) is 0.787. The molecule has 18 heavy (non-hydrogen) atoms. The molecule has 1 aliphatic carbocycles. The number of hydrogen-bond donors (Lipinski definition) is 1. The van der Waals surface area contributed by atoms with Crippen molar-refractivity contribution in [2.24, 2.45) is 5.92 Å². The van der Waals surface area contributed by atoms with Gasteiger partial charge in [-0.05, 0) is 32.1 Å². The van der Waals surface area contributed by atoms with Crippen LogP contribution >= 0.6 is 0 Å². The number of nitrogens with zero attached hydrogens (tertiary/aromatic N) is 1. The highest BCUT2D eigenvalue weighted by atomic mass is 16.5. The molecule has 0 bridgehead atoms. The molecule has 2 rings (SSSR count). The summed E-state index contributed by atoms with van der Waals surface area (Å²) >= 11 is 0. The molecule has 3 unspecified atom stereocenters. The lowest BCUT2D eigenvalue weighted by Gasteiger charge is -2.44. The Balaban J connectivity index is 1.95. The first-order valence-corrected chi connectivity index (χ1v) is 7.72. The summed E-state index contributed by atoms with van der Waals surface area (Å²) in [5, 5.41) is 3.71. The second kappa shape index (κ2) is 6.36. The van der Waals surface area contributed by atoms with Crippen molar-refractivity contribution >= 4 is 0 Å². The lowest BCUT2D eigenvalue weighted by molar-refractivity contribution is -0.0788. The van der Waals surface area contributed by atoms with Crippen LogP contribution in [-0.2, 0) is 4.74 Å². The number of rotatable bonds is 6. The lowest BCUT2D eigenvalue weighted by atomic mass is 9.98. The highest BCUT2D eigenvalue weighted by Gasteiger charge is 2.33. The van der Waals surface area contributed by atoms with Crippen LogP contribution in [0.2, 0.25) is 0 Å². The van der Waals surface area contributed by atoms with Crippen molar-refractivity contribution < 1.29 is 4.74 Å². The van der Waals surface area contributed by atoms with Crippen molar-refractivity contribution in [1.82, 2.24) is 10.2 Å². The average Bonchev–Trinajstić information content (AvgIpc) is 3.13. The van der Waals surface area contributed by atoms with E-state index in [0.29, 0.717) is 24.1 Å². The van der Waals surface area contributed by atoms with Crippen LogP contribution in [0.5, 0.6) is 0 Å². The van der Waals surface area contributed by atoms with Gasteiger partial charge in [0.15, 0.2) is 0 Å². The summed E-state index contributed by atoms with van der Waals surface area (Å²) in [6.07, 6.45) is 4.33. The van der Waals surface area contributed by atoms with E-state index in [1.807, 2.05) is 0 Å². The zero-order valence-electron chi connectivity index (χ0n) is 12.5. The molecule has 2 aliphatic rings. The van der Waals surface area contributed by atoms with Crippen LogP contribution in [-0.4, -0.2) is 48.8 Å². The summed E-state index contributed by atoms with van der Waals surface area (Å²) in [6.45, 7) is 12.3. The molecule has 3 atom stereocenters. The summed E-state index contributed by atoms with van der Waals surface area (Å²) in [6, 6.07) is 2.07. The molecule has 0 aromatic rings. The third-order valence-electron chi connectivity index (χ3n) is 4.37. The molecule has 3 heteroatoms. The largest absolute Gasteiger partial charge is 0.376 e. The topological polar surface area (TPSA) is 24.5 Å². The Morgan fingerprint density at radius 3 is 2.61 bits per heavy atom. The summed E-state index contributed by atoms with van der Waals surface area (Å²) in [5.74, 6) is 0.704. The van der Waals surface area contributed by atoms with E-state index in [1.54, 1.807) is 0 Å². The molecule has 3 nitrogen and oxygen atoms in total. The summed E-state index contributed by atoms with van der Waals surface area (Å²) < 4.78 is 5.82. The third-order valence-corrected chi connectivity index (χ3v) is 4.37. The second-order valence-corrected chi connectivity index (χ2v) is 6.40. The minimum absolute atomic E-state index is 0.384. The molecule has 0 aromatic carbocycles. The first-order valence-electron chi connectivity index (χ1n) is 7.72. The van der Waals surface area contributed by atoms with Gasteiger partial charge in [-0.15, -0.1) is 0 Å². The standard InChI is InChI=1S/C15H30N2O/c1-5-14-10-18-12(4)9-17(14)15(11(2)3)8-16-13-6-7-13/h11-16H,5-10H2,1-4H3. The minimum Gasteiger partial charge on any atom is -0.376 e. The van der Waals surface area contributed by atoms with E-state index >= 15 is 0 Å². The molecule has 106 valence electrons. The smallest absolute Gasteiger partial charge is 0.0674 e. The van der Waals surface area contributed by atoms with Crippen molar-refractivity contribution in [2.45, 2.75) is 71.2 Å². The van der Waals surface area contributed by atoms with Gasteiger partial charge in [0.25, 0.3) is 0 Å². The number of nitrogens with one attached hydrogen (secondary N) is 1. The van der Waals surface area contributed by atoms with Gasteiger partial charge in [-0.3, -0.25) is 4.90 Å². The predicted molar refractivity (Wildman–Crippen MR) is 75.8 cm³/mol. The molecule has 1 saturated carbocycles. The first kappa shape index (κ1) is 14.3. The van der Waals surface area contributed by atoms with Crippen LogP contribution < -0.4 is 5.32 Å². The Labute approximate surface area is 112 Å². The fourth-order valence-electron chi connectivity index (χ4n) is 2.94. The van der Waals surface area contributed by atoms with Crippen molar-refractivity contribution in [3.63, 3.8) is 0 Å². The first-order chi connectivity index (χ1) is 8.61. The van der Waals surface area contributed by atoms with Crippen molar-refractivity contribution in [3.05, 3.63) is 0 Å². The van der Waals surface area contributed by atoms with Gasteiger partial charge in [-0.25, -0.2) is 0 Å². The minimum atomic E-state index is 0.384. The van der Waals surface area contributed by atoms with Crippen LogP contribution in [0, 0.1) is 5.92 Å². The van der Waals surface area contributed by atoms with Crippen LogP contribution in [0.1, 0.15) is 47.0 Å². The summed E-state index contributed by atoms with van der Waals surface area (Å²) in [7, 11) is 0. The monoisotopic (exact) mass is 254 g/mol. The Morgan fingerprint density at radius 1 is 1.33 bits per heavy atom. The van der Waals surface area contributed by atoms with Crippen molar-refractivity contribution in [2.75, 3.05) is 19.7 Å². The molecule has 1 saturated heterocycles. The van der Waals surface area contributed by atoms with Gasteiger partial charge in [0.1, 0.15) is 0 Å². The van der Waals surface area contributed by atoms with E-state index in [9.17, 15) is 0 Å². The molecule has 1 N–H and O–H groups in total. The fraction of sp³-hybridized carbons (Fsp3) is 1.00. The molecule has 1 heterocycles. The van der Waals surface area contributed by atoms with Crippen LogP contribution in [0.3, 0.4) is 0 Å². The fourth-order valence-corrected chi connectivity index (χ4v) is 2.94. The molecule has 0 aromatic heterocycles. The lowest BCUT2D eigenvalue weighted by Crippen LogP contribution is -2.57.